The number of nitrogens with one attached hydrogen (secondary N) is 1. The number of carbonyl (C=O) groups is 1. The van der Waals surface area contributed by atoms with Gasteiger partial charge in [-0.3, -0.25) is 9.59 Å². The number of pyridine rings is 1. The van der Waals surface area contributed by atoms with Crippen LogP contribution in [0.25, 0.3) is 0 Å². The van der Waals surface area contributed by atoms with Crippen LogP contribution in [-0.2, 0) is 0 Å². The summed E-state index contributed by atoms with van der Waals surface area (Å²) in [6.07, 6.45) is 9.09. The minimum Gasteiger partial charge on any atom is -0.491 e. The first-order valence-corrected chi connectivity index (χ1v) is 9.69. The normalized spacial score (nSPS) is 18.9. The minimum absolute atomic E-state index is 0.0459. The lowest BCUT2D eigenvalue weighted by Crippen LogP contribution is -2.37. The van der Waals surface area contributed by atoms with Crippen LogP contribution in [-0.4, -0.2) is 17.9 Å². The Kier molecular flexibility index (Phi) is 6.47. The van der Waals surface area contributed by atoms with E-state index in [0.717, 1.165) is 19.3 Å². The summed E-state index contributed by atoms with van der Waals surface area (Å²) in [5, 5.41) is 0. The molecule has 1 aliphatic carbocycles. The molecule has 4 heteroatoms. The monoisotopic (exact) mass is 347 g/mol. The maximum Gasteiger partial charge on any atom is 0.227 e. The van der Waals surface area contributed by atoms with E-state index in [1.54, 1.807) is 6.92 Å². The molecule has 2 rings (SSSR count). The molecule has 0 bridgehead atoms. The number of unbranched alkanes of at least 4 members (excludes halogenated alkanes) is 5. The number of fused-ring (bicyclic) bond motifs is 1. The SMILES string of the molecule is CCCCCCCC[C@@H]1CC(C)(C)C(=O)c2[nH]c(C)c(OC)c(=O)c21. The Morgan fingerprint density at radius 2 is 1.76 bits per heavy atom. The minimum atomic E-state index is -0.427. The second-order valence-corrected chi connectivity index (χ2v) is 8.07. The average molecular weight is 347 g/mol. The Bertz CT molecular complexity index is 672. The van der Waals surface area contributed by atoms with Crippen LogP contribution in [0.1, 0.15) is 99.8 Å². The molecule has 1 heterocycles. The molecule has 4 nitrogen and oxygen atoms in total. The predicted octanol–water partition coefficient (Wildman–Crippen LogP) is 5.14. The zero-order chi connectivity index (χ0) is 18.6. The molecule has 0 radical (unpaired) electrons. The van der Waals surface area contributed by atoms with E-state index in [-0.39, 0.29) is 17.1 Å². The number of H-pyrrole nitrogens is 1. The summed E-state index contributed by atoms with van der Waals surface area (Å²) < 4.78 is 5.29. The van der Waals surface area contributed by atoms with Gasteiger partial charge in [0.05, 0.1) is 18.5 Å². The summed E-state index contributed by atoms with van der Waals surface area (Å²) in [6.45, 7) is 7.99. The lowest BCUT2D eigenvalue weighted by Gasteiger charge is -2.35. The van der Waals surface area contributed by atoms with Gasteiger partial charge in [-0.15, -0.1) is 0 Å². The second-order valence-electron chi connectivity index (χ2n) is 8.07. The molecule has 1 aromatic rings. The van der Waals surface area contributed by atoms with Crippen molar-refractivity contribution >= 4 is 5.78 Å². The molecule has 0 unspecified atom stereocenters. The number of rotatable bonds is 8. The molecular formula is C21H33NO3. The van der Waals surface area contributed by atoms with Crippen LogP contribution < -0.4 is 10.2 Å². The van der Waals surface area contributed by atoms with Gasteiger partial charge in [0.1, 0.15) is 0 Å². The first-order chi connectivity index (χ1) is 11.8. The predicted molar refractivity (Wildman–Crippen MR) is 102 cm³/mol. The average Bonchev–Trinajstić information content (AvgIpc) is 2.55. The number of hydrogen-bond donors (Lipinski definition) is 1. The standard InChI is InChI=1S/C21H33NO3/c1-6-7-8-9-10-11-12-15-13-21(3,4)20(24)17-16(15)18(23)19(25-5)14(2)22-17/h15H,6-13H2,1-5H3,(H,22,23)/t15-/m1/s1. The first kappa shape index (κ1) is 19.7. The van der Waals surface area contributed by atoms with E-state index in [4.69, 9.17) is 4.74 Å². The van der Waals surface area contributed by atoms with Crippen molar-refractivity contribution in [3.63, 3.8) is 0 Å². The molecule has 1 aliphatic rings. The van der Waals surface area contributed by atoms with Crippen molar-refractivity contribution in [2.75, 3.05) is 7.11 Å². The number of ether oxygens (including phenoxy) is 1. The van der Waals surface area contributed by atoms with Gasteiger partial charge < -0.3 is 9.72 Å². The highest BCUT2D eigenvalue weighted by Gasteiger charge is 2.41. The van der Waals surface area contributed by atoms with Gasteiger partial charge >= 0.3 is 0 Å². The van der Waals surface area contributed by atoms with E-state index in [1.165, 1.54) is 39.2 Å². The largest absolute Gasteiger partial charge is 0.491 e. The maximum atomic E-state index is 12.9. The summed E-state index contributed by atoms with van der Waals surface area (Å²) in [5.74, 6) is 0.524. The third-order valence-electron chi connectivity index (χ3n) is 5.49. The summed E-state index contributed by atoms with van der Waals surface area (Å²) >= 11 is 0. The molecule has 25 heavy (non-hydrogen) atoms. The van der Waals surface area contributed by atoms with Gasteiger partial charge in [-0.2, -0.15) is 0 Å². The molecule has 1 aromatic heterocycles. The quantitative estimate of drug-likeness (QED) is 0.662. The van der Waals surface area contributed by atoms with Crippen molar-refractivity contribution in [1.29, 1.82) is 0 Å². The van der Waals surface area contributed by atoms with Crippen molar-refractivity contribution in [3.05, 3.63) is 27.2 Å². The zero-order valence-corrected chi connectivity index (χ0v) is 16.5. The van der Waals surface area contributed by atoms with E-state index in [9.17, 15) is 9.59 Å². The Morgan fingerprint density at radius 3 is 2.40 bits per heavy atom. The van der Waals surface area contributed by atoms with Crippen molar-refractivity contribution in [2.24, 2.45) is 5.41 Å². The van der Waals surface area contributed by atoms with Gasteiger partial charge in [-0.05, 0) is 25.7 Å². The summed E-state index contributed by atoms with van der Waals surface area (Å²) in [7, 11) is 1.52. The van der Waals surface area contributed by atoms with Gasteiger partial charge in [0, 0.05) is 11.0 Å². The van der Waals surface area contributed by atoms with Gasteiger partial charge in [0.15, 0.2) is 11.5 Å². The fourth-order valence-corrected chi connectivity index (χ4v) is 4.10. The van der Waals surface area contributed by atoms with E-state index < -0.39 is 5.41 Å². The Morgan fingerprint density at radius 1 is 1.12 bits per heavy atom. The van der Waals surface area contributed by atoms with Crippen molar-refractivity contribution in [1.82, 2.24) is 4.98 Å². The van der Waals surface area contributed by atoms with Crippen LogP contribution in [0.5, 0.6) is 5.75 Å². The molecule has 0 saturated carbocycles. The Labute approximate surface area is 151 Å². The van der Waals surface area contributed by atoms with Gasteiger partial charge in [0.2, 0.25) is 5.43 Å². The van der Waals surface area contributed by atoms with Crippen LogP contribution >= 0.6 is 0 Å². The van der Waals surface area contributed by atoms with Gasteiger partial charge in [-0.25, -0.2) is 0 Å². The number of carbonyl (C=O) groups excluding carboxylic acids is 1. The van der Waals surface area contributed by atoms with E-state index >= 15 is 0 Å². The highest BCUT2D eigenvalue weighted by atomic mass is 16.5. The maximum absolute atomic E-state index is 12.9. The number of ketones is 1. The molecule has 1 atom stereocenters. The molecule has 0 aromatic carbocycles. The van der Waals surface area contributed by atoms with Gasteiger partial charge in [-0.1, -0.05) is 59.3 Å². The third-order valence-corrected chi connectivity index (χ3v) is 5.49. The summed E-state index contributed by atoms with van der Waals surface area (Å²) in [5.41, 5.74) is 1.27. The highest BCUT2D eigenvalue weighted by molar-refractivity contribution is 6.01. The molecule has 0 spiro atoms. The number of aromatic nitrogens is 1. The van der Waals surface area contributed by atoms with Crippen LogP contribution in [0, 0.1) is 12.3 Å². The smallest absolute Gasteiger partial charge is 0.227 e. The zero-order valence-electron chi connectivity index (χ0n) is 16.5. The van der Waals surface area contributed by atoms with Crippen molar-refractivity contribution in [2.45, 2.75) is 85.0 Å². The number of methoxy groups -OCH3 is 1. The number of hydrogen-bond acceptors (Lipinski definition) is 3. The molecular weight excluding hydrogens is 314 g/mol. The van der Waals surface area contributed by atoms with Crippen molar-refractivity contribution < 1.29 is 9.53 Å². The second kappa shape index (κ2) is 8.20. The Balaban J connectivity index is 2.26. The molecule has 140 valence electrons. The molecule has 0 fully saturated rings. The summed E-state index contributed by atoms with van der Waals surface area (Å²) in [6, 6.07) is 0. The number of aryl methyl sites for hydroxylation is 1. The van der Waals surface area contributed by atoms with E-state index in [0.29, 0.717) is 22.7 Å². The van der Waals surface area contributed by atoms with Crippen molar-refractivity contribution in [3.8, 4) is 5.75 Å². The van der Waals surface area contributed by atoms with E-state index in [2.05, 4.69) is 11.9 Å². The number of Topliss-reactive ketones (excluding diaryl/α,β-unsaturated/α-hetero) is 1. The molecule has 0 aliphatic heterocycles. The molecule has 0 amide bonds. The highest BCUT2D eigenvalue weighted by Crippen LogP contribution is 2.43. The van der Waals surface area contributed by atoms with Crippen LogP contribution in [0.2, 0.25) is 0 Å². The van der Waals surface area contributed by atoms with Gasteiger partial charge in [0.25, 0.3) is 0 Å². The van der Waals surface area contributed by atoms with Crippen LogP contribution in [0.4, 0.5) is 0 Å². The number of aromatic amines is 1. The third kappa shape index (κ3) is 4.16. The molecule has 1 N–H and O–H groups in total. The lowest BCUT2D eigenvalue weighted by atomic mass is 9.68. The first-order valence-electron chi connectivity index (χ1n) is 9.69. The summed E-state index contributed by atoms with van der Waals surface area (Å²) in [4.78, 5) is 28.9. The Hall–Kier alpha value is -1.58. The van der Waals surface area contributed by atoms with Crippen LogP contribution in [0.3, 0.4) is 0 Å². The fraction of sp³-hybridized carbons (Fsp3) is 0.714. The topological polar surface area (TPSA) is 59.2 Å². The molecule has 0 saturated heterocycles. The fourth-order valence-electron chi connectivity index (χ4n) is 4.10. The van der Waals surface area contributed by atoms with Crippen LogP contribution in [0.15, 0.2) is 4.79 Å². The lowest BCUT2D eigenvalue weighted by molar-refractivity contribution is 0.0783. The van der Waals surface area contributed by atoms with E-state index in [1.807, 2.05) is 13.8 Å².